The van der Waals surface area contributed by atoms with Gasteiger partial charge in [-0.3, -0.25) is 4.79 Å². The molecule has 3 aromatic heterocycles. The largest absolute Gasteiger partial charge is 0.493 e. The number of methoxy groups -OCH3 is 2. The number of anilines is 1. The average molecular weight is 486 g/mol. The normalized spacial score (nSPS) is 12.0. The number of nitrogens with zero attached hydrogens (tertiary/aromatic N) is 4. The van der Waals surface area contributed by atoms with Crippen LogP contribution >= 0.6 is 15.9 Å². The topological polar surface area (TPSA) is 104 Å². The fourth-order valence-electron chi connectivity index (χ4n) is 3.06. The molecular weight excluding hydrogens is 466 g/mol. The van der Waals surface area contributed by atoms with Gasteiger partial charge in [0.1, 0.15) is 0 Å². The molecule has 0 saturated heterocycles. The average Bonchev–Trinajstić information content (AvgIpc) is 3.46. The Labute approximate surface area is 186 Å². The SMILES string of the molecule is COc1ccc(CNc2ncc(C(=O)C(C)Br)c3nc(-c4ccco4)nn23)cc1OC. The van der Waals surface area contributed by atoms with Crippen LogP contribution in [-0.2, 0) is 6.54 Å². The van der Waals surface area contributed by atoms with Gasteiger partial charge in [-0.1, -0.05) is 22.0 Å². The van der Waals surface area contributed by atoms with Gasteiger partial charge >= 0.3 is 0 Å². The van der Waals surface area contributed by atoms with Gasteiger partial charge in [0.25, 0.3) is 0 Å². The Hall–Kier alpha value is -3.40. The number of hydrogen-bond donors (Lipinski definition) is 1. The predicted molar refractivity (Wildman–Crippen MR) is 118 cm³/mol. The van der Waals surface area contributed by atoms with Gasteiger partial charge < -0.3 is 19.2 Å². The molecule has 9 nitrogen and oxygen atoms in total. The van der Waals surface area contributed by atoms with Crippen molar-refractivity contribution in [3.63, 3.8) is 0 Å². The zero-order valence-corrected chi connectivity index (χ0v) is 18.7. The van der Waals surface area contributed by atoms with Crippen LogP contribution in [0.5, 0.6) is 11.5 Å². The number of carbonyl (C=O) groups is 1. The second kappa shape index (κ2) is 8.76. The van der Waals surface area contributed by atoms with Crippen molar-refractivity contribution >= 4 is 33.3 Å². The molecule has 3 heterocycles. The van der Waals surface area contributed by atoms with Crippen molar-refractivity contribution in [2.45, 2.75) is 18.3 Å². The van der Waals surface area contributed by atoms with E-state index in [1.54, 1.807) is 39.5 Å². The Balaban J connectivity index is 1.71. The highest BCUT2D eigenvalue weighted by Gasteiger charge is 2.22. The van der Waals surface area contributed by atoms with E-state index in [-0.39, 0.29) is 10.6 Å². The smallest absolute Gasteiger partial charge is 0.226 e. The van der Waals surface area contributed by atoms with Crippen LogP contribution in [0, 0.1) is 0 Å². The number of Topliss-reactive ketones (excluding diaryl/α,β-unsaturated/α-hetero) is 1. The Morgan fingerprint density at radius 3 is 2.74 bits per heavy atom. The van der Waals surface area contributed by atoms with Crippen molar-refractivity contribution in [3.8, 4) is 23.1 Å². The van der Waals surface area contributed by atoms with Crippen molar-refractivity contribution in [3.05, 3.63) is 53.9 Å². The molecule has 0 amide bonds. The van der Waals surface area contributed by atoms with E-state index in [0.29, 0.717) is 46.8 Å². The molecule has 0 radical (unpaired) electrons. The molecule has 0 bridgehead atoms. The van der Waals surface area contributed by atoms with E-state index in [4.69, 9.17) is 13.9 Å². The first-order valence-corrected chi connectivity index (χ1v) is 10.4. The first kappa shape index (κ1) is 20.9. The lowest BCUT2D eigenvalue weighted by Gasteiger charge is -2.12. The van der Waals surface area contributed by atoms with Gasteiger partial charge in [0, 0.05) is 12.7 Å². The van der Waals surface area contributed by atoms with Gasteiger partial charge in [0.05, 0.1) is 30.9 Å². The van der Waals surface area contributed by atoms with Crippen LogP contribution in [0.4, 0.5) is 5.95 Å². The van der Waals surface area contributed by atoms with Gasteiger partial charge in [-0.25, -0.2) is 9.97 Å². The second-order valence-corrected chi connectivity index (χ2v) is 8.04. The van der Waals surface area contributed by atoms with Crippen LogP contribution in [0.3, 0.4) is 0 Å². The van der Waals surface area contributed by atoms with Crippen molar-refractivity contribution in [1.29, 1.82) is 0 Å². The van der Waals surface area contributed by atoms with Crippen molar-refractivity contribution in [1.82, 2.24) is 19.6 Å². The summed E-state index contributed by atoms with van der Waals surface area (Å²) in [4.78, 5) is 21.2. The van der Waals surface area contributed by atoms with Gasteiger partial charge in [-0.15, -0.1) is 5.10 Å². The number of rotatable bonds is 8. The quantitative estimate of drug-likeness (QED) is 0.295. The first-order valence-electron chi connectivity index (χ1n) is 9.44. The molecule has 0 aliphatic rings. The molecule has 4 rings (SSSR count). The van der Waals surface area contributed by atoms with Gasteiger partial charge in [0.15, 0.2) is 28.7 Å². The highest BCUT2D eigenvalue weighted by atomic mass is 79.9. The summed E-state index contributed by atoms with van der Waals surface area (Å²) in [6.07, 6.45) is 3.05. The fourth-order valence-corrected chi connectivity index (χ4v) is 3.31. The van der Waals surface area contributed by atoms with Gasteiger partial charge in [0.2, 0.25) is 11.8 Å². The highest BCUT2D eigenvalue weighted by Crippen LogP contribution is 2.28. The lowest BCUT2D eigenvalue weighted by atomic mass is 10.1. The van der Waals surface area contributed by atoms with E-state index in [1.165, 1.54) is 10.7 Å². The number of ether oxygens (including phenoxy) is 2. The van der Waals surface area contributed by atoms with Gasteiger partial charge in [-0.05, 0) is 36.8 Å². The zero-order valence-electron chi connectivity index (χ0n) is 17.1. The third-order valence-corrected chi connectivity index (χ3v) is 5.05. The maximum atomic E-state index is 12.6. The molecule has 4 aromatic rings. The van der Waals surface area contributed by atoms with Crippen LogP contribution in [0.1, 0.15) is 22.8 Å². The number of aromatic nitrogens is 4. The minimum absolute atomic E-state index is 0.137. The predicted octanol–water partition coefficient (Wildman–Crippen LogP) is 3.98. The van der Waals surface area contributed by atoms with E-state index < -0.39 is 0 Å². The summed E-state index contributed by atoms with van der Waals surface area (Å²) in [7, 11) is 3.18. The van der Waals surface area contributed by atoms with E-state index in [2.05, 4.69) is 36.3 Å². The molecule has 0 aliphatic heterocycles. The standard InChI is InChI=1S/C21H20BrN5O4/c1-12(22)18(28)14-11-24-21(23-10-13-6-7-15(29-2)17(9-13)30-3)27-20(14)25-19(26-27)16-5-4-8-31-16/h4-9,11-12H,10H2,1-3H3,(H,23,24). The van der Waals surface area contributed by atoms with Gasteiger partial charge in [-0.2, -0.15) is 4.52 Å². The Morgan fingerprint density at radius 2 is 2.06 bits per heavy atom. The molecule has 0 spiro atoms. The van der Waals surface area contributed by atoms with Crippen LogP contribution in [-0.4, -0.2) is 44.4 Å². The van der Waals surface area contributed by atoms with E-state index in [0.717, 1.165) is 5.56 Å². The monoisotopic (exact) mass is 485 g/mol. The summed E-state index contributed by atoms with van der Waals surface area (Å²) in [6.45, 7) is 2.20. The van der Waals surface area contributed by atoms with Crippen molar-refractivity contribution in [2.24, 2.45) is 0 Å². The molecule has 0 fully saturated rings. The number of halogens is 1. The minimum Gasteiger partial charge on any atom is -0.493 e. The fraction of sp³-hybridized carbons (Fsp3) is 0.238. The number of carbonyl (C=O) groups excluding carboxylic acids is 1. The van der Waals surface area contributed by atoms with E-state index in [1.807, 2.05) is 18.2 Å². The summed E-state index contributed by atoms with van der Waals surface area (Å²) in [5.41, 5.74) is 1.71. The number of fused-ring (bicyclic) bond motifs is 1. The summed E-state index contributed by atoms with van der Waals surface area (Å²) in [5.74, 6) is 2.45. The first-order chi connectivity index (χ1) is 15.0. The number of benzene rings is 1. The van der Waals surface area contributed by atoms with E-state index in [9.17, 15) is 4.79 Å². The lowest BCUT2D eigenvalue weighted by Crippen LogP contribution is -2.15. The molecule has 1 N–H and O–H groups in total. The summed E-state index contributed by atoms with van der Waals surface area (Å²) in [5, 5.41) is 7.75. The molecule has 10 heteroatoms. The Kier molecular flexibility index (Phi) is 5.90. The zero-order chi connectivity index (χ0) is 22.0. The number of ketones is 1. The highest BCUT2D eigenvalue weighted by molar-refractivity contribution is 9.10. The number of furan rings is 1. The molecule has 1 atom stereocenters. The van der Waals surface area contributed by atoms with Crippen LogP contribution in [0.2, 0.25) is 0 Å². The molecular formula is C21H20BrN5O4. The summed E-state index contributed by atoms with van der Waals surface area (Å²) >= 11 is 3.32. The number of alkyl halides is 1. The molecule has 1 aromatic carbocycles. The molecule has 31 heavy (non-hydrogen) atoms. The number of hydrogen-bond acceptors (Lipinski definition) is 8. The van der Waals surface area contributed by atoms with E-state index >= 15 is 0 Å². The lowest BCUT2D eigenvalue weighted by molar-refractivity contribution is 0.0996. The minimum atomic E-state index is -0.382. The molecule has 160 valence electrons. The molecule has 0 saturated carbocycles. The third kappa shape index (κ3) is 4.11. The van der Waals surface area contributed by atoms with Crippen molar-refractivity contribution < 1.29 is 18.7 Å². The second-order valence-electron chi connectivity index (χ2n) is 6.67. The maximum absolute atomic E-state index is 12.6. The van der Waals surface area contributed by atoms with Crippen molar-refractivity contribution in [2.75, 3.05) is 19.5 Å². The molecule has 1 unspecified atom stereocenters. The van der Waals surface area contributed by atoms with Crippen LogP contribution < -0.4 is 14.8 Å². The number of nitrogens with one attached hydrogen (secondary N) is 1. The molecule has 0 aliphatic carbocycles. The van der Waals surface area contributed by atoms with Crippen LogP contribution in [0.25, 0.3) is 17.2 Å². The Morgan fingerprint density at radius 1 is 1.26 bits per heavy atom. The summed E-state index contributed by atoms with van der Waals surface area (Å²) in [6, 6.07) is 9.15. The maximum Gasteiger partial charge on any atom is 0.226 e. The summed E-state index contributed by atoms with van der Waals surface area (Å²) < 4.78 is 17.6. The van der Waals surface area contributed by atoms with Crippen LogP contribution in [0.15, 0.2) is 47.2 Å². The Bertz CT molecular complexity index is 1220. The third-order valence-electron chi connectivity index (χ3n) is 4.63.